The van der Waals surface area contributed by atoms with Crippen molar-refractivity contribution >= 4 is 11.9 Å². The molecule has 0 unspecified atom stereocenters. The largest absolute Gasteiger partial charge is 0.481 e. The van der Waals surface area contributed by atoms with Gasteiger partial charge in [0, 0.05) is 19.6 Å². The van der Waals surface area contributed by atoms with E-state index in [0.717, 1.165) is 16.7 Å². The van der Waals surface area contributed by atoms with Crippen molar-refractivity contribution in [3.63, 3.8) is 0 Å². The molecular weight excluding hydrogens is 550 g/mol. The number of hydrogen-bond acceptors (Lipinski definition) is 7. The molecule has 0 aromatic heterocycles. The van der Waals surface area contributed by atoms with Crippen LogP contribution >= 0.6 is 0 Å². The van der Waals surface area contributed by atoms with E-state index in [2.05, 4.69) is 41.7 Å². The molecule has 3 rings (SSSR count). The summed E-state index contributed by atoms with van der Waals surface area (Å²) >= 11 is 0. The van der Waals surface area contributed by atoms with Gasteiger partial charge in [0.25, 0.3) is 0 Å². The molecule has 0 heterocycles. The van der Waals surface area contributed by atoms with Crippen LogP contribution in [0.4, 0.5) is 0 Å². The Morgan fingerprint density at radius 3 is 1.37 bits per heavy atom. The summed E-state index contributed by atoms with van der Waals surface area (Å²) in [5.41, 5.74) is 2.41. The number of aliphatic carboxylic acids is 1. The van der Waals surface area contributed by atoms with Gasteiger partial charge in [-0.15, -0.1) is 0 Å². The Bertz CT molecular complexity index is 1060. The van der Waals surface area contributed by atoms with Crippen molar-refractivity contribution in [1.29, 1.82) is 0 Å². The van der Waals surface area contributed by atoms with E-state index in [4.69, 9.17) is 28.8 Å². The first kappa shape index (κ1) is 33.9. The first-order valence-electron chi connectivity index (χ1n) is 14.7. The van der Waals surface area contributed by atoms with Crippen molar-refractivity contribution in [2.75, 3.05) is 66.0 Å². The summed E-state index contributed by atoms with van der Waals surface area (Å²) < 4.78 is 29.1. The molecule has 0 aliphatic rings. The first-order valence-corrected chi connectivity index (χ1v) is 14.7. The summed E-state index contributed by atoms with van der Waals surface area (Å²) in [4.78, 5) is 21.9. The number of rotatable bonds is 23. The fraction of sp³-hybridized carbons (Fsp3) is 0.412. The van der Waals surface area contributed by atoms with E-state index in [-0.39, 0.29) is 18.7 Å². The number of carbonyl (C=O) groups excluding carboxylic acids is 1. The number of carbonyl (C=O) groups is 2. The van der Waals surface area contributed by atoms with Crippen LogP contribution in [0.1, 0.15) is 36.0 Å². The predicted molar refractivity (Wildman–Crippen MR) is 163 cm³/mol. The van der Waals surface area contributed by atoms with E-state index in [1.165, 1.54) is 0 Å². The lowest BCUT2D eigenvalue weighted by atomic mass is 9.80. The maximum atomic E-state index is 11.4. The minimum atomic E-state index is -0.979. The Balaban J connectivity index is 1.26. The van der Waals surface area contributed by atoms with Crippen molar-refractivity contribution in [1.82, 2.24) is 5.32 Å². The number of carboxylic acids is 1. The highest BCUT2D eigenvalue weighted by Gasteiger charge is 2.37. The molecule has 0 spiro atoms. The maximum Gasteiger partial charge on any atom is 0.303 e. The molecule has 0 fully saturated rings. The van der Waals surface area contributed by atoms with Gasteiger partial charge in [0.05, 0.1) is 59.3 Å². The second-order valence-corrected chi connectivity index (χ2v) is 9.67. The predicted octanol–water partition coefficient (Wildman–Crippen LogP) is 4.43. The second-order valence-electron chi connectivity index (χ2n) is 9.67. The number of benzene rings is 3. The smallest absolute Gasteiger partial charge is 0.303 e. The number of hydrogen-bond donors (Lipinski definition) is 2. The Morgan fingerprint density at radius 2 is 0.953 bits per heavy atom. The number of nitrogens with one attached hydrogen (secondary N) is 1. The summed E-state index contributed by atoms with van der Waals surface area (Å²) in [5, 5.41) is 11.2. The molecular formula is C34H43NO8. The van der Waals surface area contributed by atoms with Crippen LogP contribution in [0.2, 0.25) is 0 Å². The average Bonchev–Trinajstić information content (AvgIpc) is 3.04. The van der Waals surface area contributed by atoms with E-state index in [9.17, 15) is 9.59 Å². The van der Waals surface area contributed by atoms with Gasteiger partial charge >= 0.3 is 5.97 Å². The summed E-state index contributed by atoms with van der Waals surface area (Å²) in [7, 11) is 0. The lowest BCUT2D eigenvalue weighted by Gasteiger charge is -2.36. The SMILES string of the molecule is O=C(O)CCC(=O)NCCCOCCOCCOCCOCCOC(c1ccccc1)(c1ccccc1)c1ccccc1. The fourth-order valence-corrected chi connectivity index (χ4v) is 4.49. The summed E-state index contributed by atoms with van der Waals surface area (Å²) in [6, 6.07) is 30.8. The normalized spacial score (nSPS) is 11.3. The standard InChI is InChI=1S/C34H43NO8/c36-32(17-18-33(37)38)35-19-10-20-39-21-22-40-23-24-41-25-26-42-27-28-43-34(29-11-4-1-5-12-29,30-13-6-2-7-14-30)31-15-8-3-9-16-31/h1-9,11-16H,10,17-28H2,(H,35,36)(H,37,38). The number of carboxylic acid groups (broad SMARTS) is 1. The highest BCUT2D eigenvalue weighted by atomic mass is 16.6. The minimum absolute atomic E-state index is 0.00839. The molecule has 2 N–H and O–H groups in total. The van der Waals surface area contributed by atoms with E-state index in [1.54, 1.807) is 0 Å². The van der Waals surface area contributed by atoms with Crippen molar-refractivity contribution < 1.29 is 38.4 Å². The first-order chi connectivity index (χ1) is 21.1. The molecule has 0 aliphatic heterocycles. The molecule has 1 amide bonds. The van der Waals surface area contributed by atoms with E-state index >= 15 is 0 Å². The van der Waals surface area contributed by atoms with E-state index < -0.39 is 11.6 Å². The van der Waals surface area contributed by atoms with Crippen molar-refractivity contribution in [2.24, 2.45) is 0 Å². The summed E-state index contributed by atoms with van der Waals surface area (Å²) in [6.45, 7) is 4.50. The van der Waals surface area contributed by atoms with Gasteiger partial charge in [-0.25, -0.2) is 0 Å². The summed E-state index contributed by atoms with van der Waals surface area (Å²) in [5.74, 6) is -1.24. The van der Waals surface area contributed by atoms with Crippen LogP contribution < -0.4 is 5.32 Å². The molecule has 9 heteroatoms. The fourth-order valence-electron chi connectivity index (χ4n) is 4.49. The molecule has 0 aliphatic carbocycles. The zero-order valence-electron chi connectivity index (χ0n) is 24.7. The van der Waals surface area contributed by atoms with Gasteiger partial charge in [-0.1, -0.05) is 91.0 Å². The molecule has 0 bridgehead atoms. The van der Waals surface area contributed by atoms with Crippen LogP contribution in [0.5, 0.6) is 0 Å². The molecule has 0 radical (unpaired) electrons. The molecule has 3 aromatic carbocycles. The number of amides is 1. The van der Waals surface area contributed by atoms with Crippen LogP contribution in [0, 0.1) is 0 Å². The van der Waals surface area contributed by atoms with Gasteiger partial charge < -0.3 is 34.1 Å². The van der Waals surface area contributed by atoms with Gasteiger partial charge in [-0.2, -0.15) is 0 Å². The molecule has 9 nitrogen and oxygen atoms in total. The third kappa shape index (κ3) is 12.3. The molecule has 0 atom stereocenters. The topological polar surface area (TPSA) is 113 Å². The van der Waals surface area contributed by atoms with Gasteiger partial charge in [0.2, 0.25) is 5.91 Å². The maximum absolute atomic E-state index is 11.4. The van der Waals surface area contributed by atoms with Crippen molar-refractivity contribution in [3.8, 4) is 0 Å². The average molecular weight is 594 g/mol. The Kier molecular flexibility index (Phi) is 16.0. The molecule has 0 saturated heterocycles. The van der Waals surface area contributed by atoms with Crippen molar-refractivity contribution in [2.45, 2.75) is 24.9 Å². The minimum Gasteiger partial charge on any atom is -0.481 e. The molecule has 232 valence electrons. The van der Waals surface area contributed by atoms with E-state index in [0.29, 0.717) is 72.4 Å². The molecule has 3 aromatic rings. The lowest BCUT2D eigenvalue weighted by Crippen LogP contribution is -2.34. The zero-order valence-corrected chi connectivity index (χ0v) is 24.7. The highest BCUT2D eigenvalue weighted by molar-refractivity contribution is 5.80. The summed E-state index contributed by atoms with van der Waals surface area (Å²) in [6.07, 6.45) is 0.482. The van der Waals surface area contributed by atoms with Crippen molar-refractivity contribution in [3.05, 3.63) is 108 Å². The molecule has 0 saturated carbocycles. The number of ether oxygens (including phenoxy) is 5. The highest BCUT2D eigenvalue weighted by Crippen LogP contribution is 2.40. The van der Waals surface area contributed by atoms with Crippen LogP contribution in [0.15, 0.2) is 91.0 Å². The monoisotopic (exact) mass is 593 g/mol. The van der Waals surface area contributed by atoms with Gasteiger partial charge in [-0.3, -0.25) is 9.59 Å². The van der Waals surface area contributed by atoms with Crippen LogP contribution in [0.25, 0.3) is 0 Å². The second kappa shape index (κ2) is 20.3. The lowest BCUT2D eigenvalue weighted by molar-refractivity contribution is -0.138. The van der Waals surface area contributed by atoms with Crippen LogP contribution in [-0.4, -0.2) is 83.0 Å². The Morgan fingerprint density at radius 1 is 0.558 bits per heavy atom. The van der Waals surface area contributed by atoms with Crippen LogP contribution in [-0.2, 0) is 38.9 Å². The van der Waals surface area contributed by atoms with Gasteiger partial charge in [-0.05, 0) is 23.1 Å². The molecule has 43 heavy (non-hydrogen) atoms. The van der Waals surface area contributed by atoms with Gasteiger partial charge in [0.15, 0.2) is 0 Å². The van der Waals surface area contributed by atoms with Gasteiger partial charge in [0.1, 0.15) is 5.60 Å². The third-order valence-electron chi connectivity index (χ3n) is 6.56. The van der Waals surface area contributed by atoms with E-state index in [1.807, 2.05) is 54.6 Å². The third-order valence-corrected chi connectivity index (χ3v) is 6.56. The van der Waals surface area contributed by atoms with Crippen LogP contribution in [0.3, 0.4) is 0 Å². The Hall–Kier alpha value is -3.60. The Labute approximate surface area is 254 Å². The zero-order chi connectivity index (χ0) is 30.4. The quantitative estimate of drug-likeness (QED) is 0.123.